The number of carbonyl (C=O) groups excluding carboxylic acids is 2. The Morgan fingerprint density at radius 3 is 1.30 bits per heavy atom. The van der Waals surface area contributed by atoms with Gasteiger partial charge in [0.2, 0.25) is 11.8 Å². The number of rotatable bonds is 16. The lowest BCUT2D eigenvalue weighted by molar-refractivity contribution is -0.116. The largest absolute Gasteiger partial charge is 0.326 e. The maximum Gasteiger partial charge on any atom is 0.297 e. The number of hydrogen-bond donors (Lipinski definition) is 3. The minimum absolute atomic E-state index is 0.0902. The smallest absolute Gasteiger partial charge is 0.297 e. The summed E-state index contributed by atoms with van der Waals surface area (Å²) in [6.45, 7) is 6.09. The van der Waals surface area contributed by atoms with Crippen molar-refractivity contribution in [1.29, 1.82) is 0 Å². The van der Waals surface area contributed by atoms with Crippen molar-refractivity contribution in [3.8, 4) is 0 Å². The van der Waals surface area contributed by atoms with Gasteiger partial charge in [-0.1, -0.05) is 48.6 Å². The van der Waals surface area contributed by atoms with Gasteiger partial charge in [0.15, 0.2) is 9.84 Å². The monoisotopic (exact) mass is 846 g/mol. The molecule has 18 heteroatoms. The summed E-state index contributed by atoms with van der Waals surface area (Å²) in [4.78, 5) is 25.3. The Kier molecular flexibility index (Phi) is 13.9. The third kappa shape index (κ3) is 12.4. The predicted octanol–water partition coefficient (Wildman–Crippen LogP) is 5.40. The van der Waals surface area contributed by atoms with Crippen LogP contribution in [-0.4, -0.2) is 70.2 Å². The Labute approximate surface area is 328 Å². The van der Waals surface area contributed by atoms with Gasteiger partial charge >= 0.3 is 0 Å². The van der Waals surface area contributed by atoms with Crippen LogP contribution in [0, 0.1) is 0 Å². The quantitative estimate of drug-likeness (QED) is 0.0734. The number of sulfone groups is 1. The highest BCUT2D eigenvalue weighted by Gasteiger charge is 2.24. The molecule has 0 fully saturated rings. The van der Waals surface area contributed by atoms with Gasteiger partial charge in [0.25, 0.3) is 20.2 Å². The lowest BCUT2D eigenvalue weighted by Crippen LogP contribution is -2.17. The van der Waals surface area contributed by atoms with E-state index in [0.29, 0.717) is 11.1 Å². The molecule has 0 radical (unpaired) electrons. The van der Waals surface area contributed by atoms with E-state index in [0.717, 1.165) is 6.26 Å². The maximum absolute atomic E-state index is 13.4. The second kappa shape index (κ2) is 17.6. The van der Waals surface area contributed by atoms with Crippen LogP contribution in [0.3, 0.4) is 0 Å². The van der Waals surface area contributed by atoms with Gasteiger partial charge in [0, 0.05) is 17.6 Å². The molecule has 0 bridgehead atoms. The Hall–Kier alpha value is -4.69. The number of benzene rings is 4. The van der Waals surface area contributed by atoms with Crippen molar-refractivity contribution in [3.63, 3.8) is 0 Å². The van der Waals surface area contributed by atoms with E-state index in [1.54, 1.807) is 0 Å². The Morgan fingerprint density at radius 1 is 0.625 bits per heavy atom. The first-order valence-electron chi connectivity index (χ1n) is 16.8. The molecule has 56 heavy (non-hydrogen) atoms. The Balaban J connectivity index is 1.65. The summed E-state index contributed by atoms with van der Waals surface area (Å²) in [6, 6.07) is 19.7. The highest BCUT2D eigenvalue weighted by Crippen LogP contribution is 2.29. The van der Waals surface area contributed by atoms with Crippen LogP contribution in [0.1, 0.15) is 49.9 Å². The van der Waals surface area contributed by atoms with Gasteiger partial charge in [0.05, 0.1) is 34.8 Å². The van der Waals surface area contributed by atoms with E-state index in [4.69, 9.17) is 8.37 Å². The standard InChI is InChI=1S/C38H42N2O12S4/c1-25(2)51-55(47,48)35-23-31(39-37(41)21-27-7-17-33(18-8-27)53(5,43)44)15-13-29(35)11-12-30-14-16-32(24-36(30)56(49,50)52-26(3)4)40-38(42)22-28-9-19-34(20-10-28)54(6,45)46/h7-20,23-26H,5,21-22H2,1-4,6H3,(H,39,41)(H,40,42)(H,43,44)/b12-11+. The molecule has 2 amide bonds. The van der Waals surface area contributed by atoms with E-state index in [2.05, 4.69) is 16.5 Å². The van der Waals surface area contributed by atoms with E-state index < -0.39 is 63.9 Å². The van der Waals surface area contributed by atoms with E-state index >= 15 is 0 Å². The van der Waals surface area contributed by atoms with Gasteiger partial charge in [0.1, 0.15) is 19.6 Å². The zero-order valence-electron chi connectivity index (χ0n) is 31.1. The Bertz CT molecular complexity index is 2400. The maximum atomic E-state index is 13.4. The first-order chi connectivity index (χ1) is 25.9. The molecular formula is C38H42N2O12S4. The van der Waals surface area contributed by atoms with Crippen molar-refractivity contribution in [3.05, 3.63) is 107 Å². The molecule has 1 atom stereocenters. The van der Waals surface area contributed by atoms with Gasteiger partial charge in [-0.15, -0.1) is 0 Å². The molecule has 0 aromatic heterocycles. The Morgan fingerprint density at radius 2 is 0.982 bits per heavy atom. The van der Waals surface area contributed by atoms with Gasteiger partial charge in [-0.2, -0.15) is 16.8 Å². The third-order valence-corrected chi connectivity index (χ3v) is 12.8. The molecule has 4 aromatic carbocycles. The summed E-state index contributed by atoms with van der Waals surface area (Å²) in [5.74, 6) is 2.19. The zero-order chi connectivity index (χ0) is 41.6. The molecule has 0 saturated carbocycles. The average molecular weight is 847 g/mol. The van der Waals surface area contributed by atoms with Crippen LogP contribution in [0.25, 0.3) is 12.2 Å². The number of hydrogen-bond acceptors (Lipinski definition) is 11. The van der Waals surface area contributed by atoms with Gasteiger partial charge < -0.3 is 15.2 Å². The molecule has 0 spiro atoms. The molecule has 300 valence electrons. The molecule has 1 unspecified atom stereocenters. The third-order valence-electron chi connectivity index (χ3n) is 7.59. The van der Waals surface area contributed by atoms with Crippen molar-refractivity contribution in [2.45, 2.75) is 72.3 Å². The number of amides is 2. The van der Waals surface area contributed by atoms with E-state index in [9.17, 15) is 43.6 Å². The second-order valence-electron chi connectivity index (χ2n) is 13.2. The lowest BCUT2D eigenvalue weighted by Gasteiger charge is -2.14. The van der Waals surface area contributed by atoms with Gasteiger partial charge in [-0.05, 0) is 104 Å². The molecule has 0 heterocycles. The second-order valence-corrected chi connectivity index (χ2v) is 20.0. The number of anilines is 2. The van der Waals surface area contributed by atoms with Crippen LogP contribution < -0.4 is 10.6 Å². The first kappa shape index (κ1) is 44.0. The van der Waals surface area contributed by atoms with Crippen molar-refractivity contribution in [2.24, 2.45) is 0 Å². The fourth-order valence-electron chi connectivity index (χ4n) is 5.18. The molecular weight excluding hydrogens is 805 g/mol. The van der Waals surface area contributed by atoms with Crippen molar-refractivity contribution >= 4 is 81.1 Å². The minimum atomic E-state index is -4.42. The van der Waals surface area contributed by atoms with Crippen LogP contribution in [0.15, 0.2) is 105 Å². The normalized spacial score (nSPS) is 13.5. The molecule has 0 aliphatic carbocycles. The SMILES string of the molecule is C=S(=O)(O)c1ccc(CC(=O)Nc2ccc(/C=C/c3ccc(NC(=O)Cc4ccc(S(C)(=O)=O)cc4)cc3S(=O)(=O)OC(C)C)c(S(=O)(=O)OC(C)C)c2)cc1. The van der Waals surface area contributed by atoms with Crippen LogP contribution in [-0.2, 0) is 70.7 Å². The topological polar surface area (TPSA) is 216 Å². The molecule has 4 rings (SSSR count). The fraction of sp³-hybridized carbons (Fsp3) is 0.237. The molecule has 14 nitrogen and oxygen atoms in total. The molecule has 4 aromatic rings. The van der Waals surface area contributed by atoms with E-state index in [1.165, 1.54) is 125 Å². The fourth-order valence-corrected chi connectivity index (χ4v) is 8.98. The lowest BCUT2D eigenvalue weighted by atomic mass is 10.1. The van der Waals surface area contributed by atoms with Crippen molar-refractivity contribution < 1.29 is 52.0 Å². The summed E-state index contributed by atoms with van der Waals surface area (Å²) >= 11 is 0. The van der Waals surface area contributed by atoms with E-state index in [-0.39, 0.29) is 54.9 Å². The van der Waals surface area contributed by atoms with E-state index in [1.807, 2.05) is 0 Å². The zero-order valence-corrected chi connectivity index (χ0v) is 34.4. The van der Waals surface area contributed by atoms with Gasteiger partial charge in [-0.25, -0.2) is 12.6 Å². The summed E-state index contributed by atoms with van der Waals surface area (Å²) in [5.41, 5.74) is 1.45. The number of nitrogens with one attached hydrogen (secondary N) is 2. The summed E-state index contributed by atoms with van der Waals surface area (Å²) in [7, 11) is -15.7. The minimum Gasteiger partial charge on any atom is -0.326 e. The highest BCUT2D eigenvalue weighted by molar-refractivity contribution is 7.95. The van der Waals surface area contributed by atoms with Crippen LogP contribution in [0.2, 0.25) is 0 Å². The average Bonchev–Trinajstić information content (AvgIpc) is 3.06. The summed E-state index contributed by atoms with van der Waals surface area (Å²) < 4.78 is 109. The summed E-state index contributed by atoms with van der Waals surface area (Å²) in [5, 5.41) is 5.28. The van der Waals surface area contributed by atoms with Gasteiger partial charge in [-0.3, -0.25) is 18.0 Å². The van der Waals surface area contributed by atoms with Crippen LogP contribution >= 0.6 is 0 Å². The molecule has 0 saturated heterocycles. The van der Waals surface area contributed by atoms with Crippen molar-refractivity contribution in [1.82, 2.24) is 0 Å². The molecule has 3 N–H and O–H groups in total. The highest BCUT2D eigenvalue weighted by atomic mass is 32.2. The molecule has 0 aliphatic heterocycles. The molecule has 0 aliphatic rings. The van der Waals surface area contributed by atoms with Crippen molar-refractivity contribution in [2.75, 3.05) is 16.9 Å². The van der Waals surface area contributed by atoms with Crippen LogP contribution in [0.4, 0.5) is 11.4 Å². The summed E-state index contributed by atoms with van der Waals surface area (Å²) in [6.07, 6.45) is 2.01. The van der Waals surface area contributed by atoms with Crippen LogP contribution in [0.5, 0.6) is 0 Å². The predicted molar refractivity (Wildman–Crippen MR) is 215 cm³/mol. The first-order valence-corrected chi connectivity index (χ1v) is 23.2. The number of carbonyl (C=O) groups is 2.